The Morgan fingerprint density at radius 3 is 2.43 bits per heavy atom. The highest BCUT2D eigenvalue weighted by atomic mass is 16.4. The zero-order valence-corrected chi connectivity index (χ0v) is 7.68. The molecule has 0 radical (unpaired) electrons. The highest BCUT2D eigenvalue weighted by Gasteiger charge is 2.14. The lowest BCUT2D eigenvalue weighted by Crippen LogP contribution is -2.19. The Morgan fingerprint density at radius 1 is 1.36 bits per heavy atom. The Labute approximate surface area is 82.3 Å². The molecule has 0 aromatic heterocycles. The Hall–Kier alpha value is -1.61. The minimum Gasteiger partial charge on any atom is -0.479 e. The molecule has 14 heavy (non-hydrogen) atoms. The lowest BCUT2D eigenvalue weighted by molar-refractivity contribution is -0.146. The molecule has 1 aromatic carbocycles. The summed E-state index contributed by atoms with van der Waals surface area (Å²) in [6, 6.07) is 9.21. The van der Waals surface area contributed by atoms with Gasteiger partial charge in [0, 0.05) is 6.42 Å². The van der Waals surface area contributed by atoms with Crippen molar-refractivity contribution in [1.29, 1.82) is 0 Å². The number of carboxylic acid groups (broad SMARTS) is 1. The van der Waals surface area contributed by atoms with Crippen LogP contribution < -0.4 is 0 Å². The summed E-state index contributed by atoms with van der Waals surface area (Å²) in [5.74, 6) is -1.22. The zero-order chi connectivity index (χ0) is 10.6. The topological polar surface area (TPSA) is 57.5 Å². The van der Waals surface area contributed by atoms with Crippen LogP contribution in [0.15, 0.2) is 36.9 Å². The van der Waals surface area contributed by atoms with Crippen molar-refractivity contribution in [2.45, 2.75) is 12.5 Å². The molecular weight excluding hydrogens is 180 g/mol. The highest BCUT2D eigenvalue weighted by molar-refractivity contribution is 5.76. The fraction of sp³-hybridized carbons (Fsp3) is 0.182. The summed E-state index contributed by atoms with van der Waals surface area (Å²) in [5, 5.41) is 17.6. The second-order valence-electron chi connectivity index (χ2n) is 3.03. The van der Waals surface area contributed by atoms with Crippen molar-refractivity contribution >= 4 is 11.5 Å². The quantitative estimate of drug-likeness (QED) is 0.760. The summed E-state index contributed by atoms with van der Waals surface area (Å²) in [4.78, 5) is 10.4. The van der Waals surface area contributed by atoms with Crippen LogP contribution >= 0.6 is 0 Å². The van der Waals surface area contributed by atoms with Crippen molar-refractivity contribution in [2.24, 2.45) is 0 Å². The predicted molar refractivity (Wildman–Crippen MR) is 53.7 cm³/mol. The summed E-state index contributed by atoms with van der Waals surface area (Å²) < 4.78 is 0. The largest absolute Gasteiger partial charge is 0.479 e. The first-order valence-electron chi connectivity index (χ1n) is 4.25. The van der Waals surface area contributed by atoms with Gasteiger partial charge in [0.05, 0.1) is 0 Å². The van der Waals surface area contributed by atoms with Crippen LogP contribution in [0.3, 0.4) is 0 Å². The second-order valence-corrected chi connectivity index (χ2v) is 3.03. The summed E-state index contributed by atoms with van der Waals surface area (Å²) in [5.41, 5.74) is 1.48. The van der Waals surface area contributed by atoms with Crippen LogP contribution in [0.25, 0.3) is 5.57 Å². The first-order chi connectivity index (χ1) is 6.61. The van der Waals surface area contributed by atoms with Gasteiger partial charge in [-0.15, -0.1) is 0 Å². The maximum atomic E-state index is 10.4. The summed E-state index contributed by atoms with van der Waals surface area (Å²) in [6.07, 6.45) is -1.32. The van der Waals surface area contributed by atoms with Crippen LogP contribution in [0.5, 0.6) is 0 Å². The smallest absolute Gasteiger partial charge is 0.332 e. The van der Waals surface area contributed by atoms with Gasteiger partial charge in [0.2, 0.25) is 0 Å². The number of hydrogen-bond acceptors (Lipinski definition) is 2. The lowest BCUT2D eigenvalue weighted by Gasteiger charge is -2.08. The summed E-state index contributed by atoms with van der Waals surface area (Å²) in [6.45, 7) is 3.72. The Kier molecular flexibility index (Phi) is 3.42. The molecule has 74 valence electrons. The van der Waals surface area contributed by atoms with Crippen LogP contribution in [-0.2, 0) is 4.79 Å². The molecule has 0 aliphatic heterocycles. The van der Waals surface area contributed by atoms with Gasteiger partial charge in [-0.25, -0.2) is 4.79 Å². The van der Waals surface area contributed by atoms with Crippen molar-refractivity contribution in [2.75, 3.05) is 0 Å². The van der Waals surface area contributed by atoms with Crippen LogP contribution in [0.4, 0.5) is 0 Å². The van der Waals surface area contributed by atoms with Gasteiger partial charge in [0.1, 0.15) is 0 Å². The number of aliphatic hydroxyl groups is 1. The second kappa shape index (κ2) is 4.58. The van der Waals surface area contributed by atoms with Crippen molar-refractivity contribution in [3.8, 4) is 0 Å². The van der Waals surface area contributed by atoms with Crippen LogP contribution in [0, 0.1) is 0 Å². The number of carboxylic acids is 1. The molecule has 0 fully saturated rings. The van der Waals surface area contributed by atoms with E-state index in [9.17, 15) is 4.79 Å². The van der Waals surface area contributed by atoms with Crippen LogP contribution in [-0.4, -0.2) is 22.3 Å². The van der Waals surface area contributed by atoms with Crippen LogP contribution in [0.1, 0.15) is 12.0 Å². The molecule has 3 heteroatoms. The standard InChI is InChI=1S/C11H12O3/c1-8(7-10(12)11(13)14)9-5-3-2-4-6-9/h2-6,10,12H,1,7H2,(H,13,14). The van der Waals surface area contributed by atoms with E-state index in [1.807, 2.05) is 30.3 Å². The Morgan fingerprint density at radius 2 is 1.93 bits per heavy atom. The molecular formula is C11H12O3. The number of hydrogen-bond donors (Lipinski definition) is 2. The van der Waals surface area contributed by atoms with E-state index in [0.717, 1.165) is 5.56 Å². The van der Waals surface area contributed by atoms with E-state index in [0.29, 0.717) is 5.57 Å². The molecule has 0 heterocycles. The normalized spacial score (nSPS) is 12.1. The average Bonchev–Trinajstić information content (AvgIpc) is 2.19. The number of aliphatic hydroxyl groups excluding tert-OH is 1. The van der Waals surface area contributed by atoms with E-state index < -0.39 is 12.1 Å². The third-order valence-electron chi connectivity index (χ3n) is 1.91. The lowest BCUT2D eigenvalue weighted by atomic mass is 10.0. The zero-order valence-electron chi connectivity index (χ0n) is 7.68. The predicted octanol–water partition coefficient (Wildman–Crippen LogP) is 1.54. The van der Waals surface area contributed by atoms with Gasteiger partial charge < -0.3 is 10.2 Å². The molecule has 0 amide bonds. The van der Waals surface area contributed by atoms with E-state index in [-0.39, 0.29) is 6.42 Å². The maximum absolute atomic E-state index is 10.4. The first kappa shape index (κ1) is 10.5. The van der Waals surface area contributed by atoms with Crippen molar-refractivity contribution in [1.82, 2.24) is 0 Å². The molecule has 3 nitrogen and oxygen atoms in total. The SMILES string of the molecule is C=C(CC(O)C(=O)O)c1ccccc1. The van der Waals surface area contributed by atoms with Gasteiger partial charge in [0.15, 0.2) is 6.10 Å². The third-order valence-corrected chi connectivity index (χ3v) is 1.91. The van der Waals surface area contributed by atoms with Gasteiger partial charge in [-0.05, 0) is 11.1 Å². The summed E-state index contributed by atoms with van der Waals surface area (Å²) in [7, 11) is 0. The molecule has 1 atom stereocenters. The van der Waals surface area contributed by atoms with Crippen LogP contribution in [0.2, 0.25) is 0 Å². The Balaban J connectivity index is 2.64. The monoisotopic (exact) mass is 192 g/mol. The number of rotatable bonds is 4. The molecule has 0 saturated heterocycles. The molecule has 0 bridgehead atoms. The fourth-order valence-electron chi connectivity index (χ4n) is 1.11. The maximum Gasteiger partial charge on any atom is 0.332 e. The molecule has 1 unspecified atom stereocenters. The number of benzene rings is 1. The van der Waals surface area contributed by atoms with E-state index in [1.165, 1.54) is 0 Å². The molecule has 0 aliphatic carbocycles. The minimum absolute atomic E-state index is 0.0549. The highest BCUT2D eigenvalue weighted by Crippen LogP contribution is 2.17. The van der Waals surface area contributed by atoms with Gasteiger partial charge >= 0.3 is 5.97 Å². The molecule has 1 rings (SSSR count). The first-order valence-corrected chi connectivity index (χ1v) is 4.25. The van der Waals surface area contributed by atoms with Gasteiger partial charge in [0.25, 0.3) is 0 Å². The van der Waals surface area contributed by atoms with E-state index in [1.54, 1.807) is 0 Å². The molecule has 1 aromatic rings. The van der Waals surface area contributed by atoms with Crippen molar-refractivity contribution in [3.63, 3.8) is 0 Å². The van der Waals surface area contributed by atoms with E-state index in [4.69, 9.17) is 10.2 Å². The van der Waals surface area contributed by atoms with Crippen molar-refractivity contribution in [3.05, 3.63) is 42.5 Å². The molecule has 0 aliphatic rings. The summed E-state index contributed by atoms with van der Waals surface area (Å²) >= 11 is 0. The molecule has 2 N–H and O–H groups in total. The van der Waals surface area contributed by atoms with Gasteiger partial charge in [-0.1, -0.05) is 36.9 Å². The average molecular weight is 192 g/mol. The van der Waals surface area contributed by atoms with E-state index >= 15 is 0 Å². The number of carbonyl (C=O) groups is 1. The van der Waals surface area contributed by atoms with E-state index in [2.05, 4.69) is 6.58 Å². The van der Waals surface area contributed by atoms with Gasteiger partial charge in [-0.3, -0.25) is 0 Å². The number of aliphatic carboxylic acids is 1. The fourth-order valence-corrected chi connectivity index (χ4v) is 1.11. The molecule has 0 saturated carbocycles. The minimum atomic E-state index is -1.37. The molecule has 0 spiro atoms. The van der Waals surface area contributed by atoms with Crippen molar-refractivity contribution < 1.29 is 15.0 Å². The van der Waals surface area contributed by atoms with Gasteiger partial charge in [-0.2, -0.15) is 0 Å². The third kappa shape index (κ3) is 2.71. The Bertz CT molecular complexity index is 330.